The van der Waals surface area contributed by atoms with Crippen molar-refractivity contribution in [1.29, 1.82) is 0 Å². The van der Waals surface area contributed by atoms with E-state index in [2.05, 4.69) is 0 Å². The molecule has 20 heavy (non-hydrogen) atoms. The lowest BCUT2D eigenvalue weighted by Crippen LogP contribution is -2.42. The number of carbonyl (C=O) groups is 1. The molecule has 4 heteroatoms. The van der Waals surface area contributed by atoms with Gasteiger partial charge in [-0.2, -0.15) is 0 Å². The third kappa shape index (κ3) is 2.90. The van der Waals surface area contributed by atoms with Crippen molar-refractivity contribution in [1.82, 2.24) is 0 Å². The predicted octanol–water partition coefficient (Wildman–Crippen LogP) is 4.28. The lowest BCUT2D eigenvalue weighted by molar-refractivity contribution is -0.0297. The molecule has 0 atom stereocenters. The van der Waals surface area contributed by atoms with Crippen molar-refractivity contribution in [2.75, 3.05) is 6.61 Å². The molecule has 0 saturated heterocycles. The quantitative estimate of drug-likeness (QED) is 0.608. The topological polar surface area (TPSA) is 26.3 Å². The lowest BCUT2D eigenvalue weighted by Gasteiger charge is -2.31. The molecule has 1 aromatic rings. The molecule has 0 spiro atoms. The minimum Gasteiger partial charge on any atom is -0.367 e. The number of carbonyl (C=O) groups excluding carboxylic acids is 1. The molecule has 0 heterocycles. The van der Waals surface area contributed by atoms with Crippen LogP contribution in [0.1, 0.15) is 55.8 Å². The minimum atomic E-state index is -1.06. The molecular weight excluding hydrogens is 262 g/mol. The van der Waals surface area contributed by atoms with Crippen LogP contribution >= 0.6 is 0 Å². The van der Waals surface area contributed by atoms with E-state index in [-0.39, 0.29) is 0 Å². The highest BCUT2D eigenvalue weighted by atomic mass is 19.1. The van der Waals surface area contributed by atoms with Crippen molar-refractivity contribution in [2.45, 2.75) is 51.0 Å². The number of ether oxygens (including phenoxy) is 1. The molecule has 2 rings (SSSR count). The van der Waals surface area contributed by atoms with Gasteiger partial charge in [-0.1, -0.05) is 31.7 Å². The van der Waals surface area contributed by atoms with E-state index in [0.29, 0.717) is 19.4 Å². The van der Waals surface area contributed by atoms with Gasteiger partial charge in [0.1, 0.15) is 17.2 Å². The lowest BCUT2D eigenvalue weighted by atomic mass is 9.85. The second-order valence-electron chi connectivity index (χ2n) is 5.27. The van der Waals surface area contributed by atoms with E-state index in [9.17, 15) is 13.6 Å². The Balaban J connectivity index is 2.40. The average molecular weight is 282 g/mol. The Kier molecular flexibility index (Phi) is 4.86. The number of hydrogen-bond acceptors (Lipinski definition) is 2. The first-order chi connectivity index (χ1) is 9.60. The SMILES string of the molecule is CCOC1(C(=O)c2c(F)cccc2F)CCCCCC1. The normalized spacial score (nSPS) is 18.6. The summed E-state index contributed by atoms with van der Waals surface area (Å²) in [6.45, 7) is 2.17. The van der Waals surface area contributed by atoms with Crippen LogP contribution < -0.4 is 0 Å². The minimum absolute atomic E-state index is 0.363. The maximum absolute atomic E-state index is 13.9. The molecule has 0 aromatic heterocycles. The van der Waals surface area contributed by atoms with E-state index < -0.39 is 28.6 Å². The van der Waals surface area contributed by atoms with E-state index in [1.165, 1.54) is 6.07 Å². The number of rotatable bonds is 4. The predicted molar refractivity (Wildman–Crippen MR) is 72.7 cm³/mol. The molecule has 0 N–H and O–H groups in total. The van der Waals surface area contributed by atoms with Gasteiger partial charge in [-0.15, -0.1) is 0 Å². The average Bonchev–Trinajstić information content (AvgIpc) is 2.65. The second kappa shape index (κ2) is 6.44. The van der Waals surface area contributed by atoms with Crippen LogP contribution in [0.15, 0.2) is 18.2 Å². The van der Waals surface area contributed by atoms with Crippen molar-refractivity contribution in [2.24, 2.45) is 0 Å². The van der Waals surface area contributed by atoms with Crippen LogP contribution in [0.2, 0.25) is 0 Å². The summed E-state index contributed by atoms with van der Waals surface area (Å²) in [5.74, 6) is -2.16. The number of ketones is 1. The number of halogens is 2. The van der Waals surface area contributed by atoms with E-state index in [4.69, 9.17) is 4.74 Å². The first kappa shape index (κ1) is 15.1. The Labute approximate surface area is 118 Å². The first-order valence-electron chi connectivity index (χ1n) is 7.23. The summed E-state index contributed by atoms with van der Waals surface area (Å²) in [7, 11) is 0. The molecule has 0 unspecified atom stereocenters. The monoisotopic (exact) mass is 282 g/mol. The molecule has 0 aliphatic heterocycles. The Bertz CT molecular complexity index is 457. The van der Waals surface area contributed by atoms with Gasteiger partial charge in [0, 0.05) is 6.61 Å². The van der Waals surface area contributed by atoms with Crippen molar-refractivity contribution >= 4 is 5.78 Å². The number of hydrogen-bond donors (Lipinski definition) is 0. The Morgan fingerprint density at radius 3 is 2.20 bits per heavy atom. The maximum atomic E-state index is 13.9. The van der Waals surface area contributed by atoms with Crippen molar-refractivity contribution in [3.63, 3.8) is 0 Å². The number of benzene rings is 1. The molecule has 0 amide bonds. The largest absolute Gasteiger partial charge is 0.367 e. The zero-order chi connectivity index (χ0) is 14.6. The third-order valence-electron chi connectivity index (χ3n) is 3.94. The van der Waals surface area contributed by atoms with Gasteiger partial charge in [-0.25, -0.2) is 8.78 Å². The van der Waals surface area contributed by atoms with Gasteiger partial charge in [0.2, 0.25) is 5.78 Å². The van der Waals surface area contributed by atoms with Gasteiger partial charge in [-0.3, -0.25) is 4.79 Å². The Morgan fingerprint density at radius 1 is 1.15 bits per heavy atom. The molecule has 1 saturated carbocycles. The molecule has 1 fully saturated rings. The molecule has 2 nitrogen and oxygen atoms in total. The summed E-state index contributed by atoms with van der Waals surface area (Å²) < 4.78 is 33.4. The molecule has 1 aliphatic carbocycles. The van der Waals surface area contributed by atoms with Crippen LogP contribution in [0.4, 0.5) is 8.78 Å². The highest BCUT2D eigenvalue weighted by Crippen LogP contribution is 2.34. The fourth-order valence-corrected chi connectivity index (χ4v) is 2.96. The number of Topliss-reactive ketones (excluding diaryl/α,β-unsaturated/α-hetero) is 1. The van der Waals surface area contributed by atoms with Gasteiger partial charge >= 0.3 is 0 Å². The first-order valence-corrected chi connectivity index (χ1v) is 7.23. The molecule has 1 aromatic carbocycles. The van der Waals surface area contributed by atoms with Gasteiger partial charge in [-0.05, 0) is 31.9 Å². The summed E-state index contributed by atoms with van der Waals surface area (Å²) >= 11 is 0. The highest BCUT2D eigenvalue weighted by molar-refractivity contribution is 6.03. The molecule has 0 radical (unpaired) electrons. The smallest absolute Gasteiger partial charge is 0.200 e. The second-order valence-corrected chi connectivity index (χ2v) is 5.27. The summed E-state index contributed by atoms with van der Waals surface area (Å²) in [6.07, 6.45) is 4.83. The van der Waals surface area contributed by atoms with Gasteiger partial charge in [0.25, 0.3) is 0 Å². The molecule has 0 bridgehead atoms. The summed E-state index contributed by atoms with van der Waals surface area (Å²) in [5.41, 5.74) is -1.52. The summed E-state index contributed by atoms with van der Waals surface area (Å²) in [4.78, 5) is 12.7. The van der Waals surface area contributed by atoms with E-state index in [0.717, 1.165) is 37.8 Å². The van der Waals surface area contributed by atoms with E-state index >= 15 is 0 Å². The van der Waals surface area contributed by atoms with Crippen LogP contribution in [0.5, 0.6) is 0 Å². The van der Waals surface area contributed by atoms with E-state index in [1.807, 2.05) is 0 Å². The van der Waals surface area contributed by atoms with Crippen LogP contribution in [0.25, 0.3) is 0 Å². The zero-order valence-electron chi connectivity index (χ0n) is 11.8. The molecule has 110 valence electrons. The summed E-state index contributed by atoms with van der Waals surface area (Å²) in [5, 5.41) is 0. The standard InChI is InChI=1S/C16H20F2O2/c1-2-20-16(10-5-3-4-6-11-16)15(19)14-12(17)8-7-9-13(14)18/h7-9H,2-6,10-11H2,1H3. The summed E-state index contributed by atoms with van der Waals surface area (Å²) in [6, 6.07) is 3.50. The highest BCUT2D eigenvalue weighted by Gasteiger charge is 2.41. The van der Waals surface area contributed by atoms with E-state index in [1.54, 1.807) is 6.92 Å². The third-order valence-corrected chi connectivity index (χ3v) is 3.94. The van der Waals surface area contributed by atoms with Gasteiger partial charge in [0.05, 0.1) is 5.56 Å². The van der Waals surface area contributed by atoms with Crippen LogP contribution in [-0.2, 0) is 4.74 Å². The van der Waals surface area contributed by atoms with Crippen molar-refractivity contribution in [3.05, 3.63) is 35.4 Å². The molecular formula is C16H20F2O2. The van der Waals surface area contributed by atoms with Crippen LogP contribution in [0.3, 0.4) is 0 Å². The van der Waals surface area contributed by atoms with Crippen LogP contribution in [0, 0.1) is 11.6 Å². The van der Waals surface area contributed by atoms with Crippen molar-refractivity contribution in [3.8, 4) is 0 Å². The fraction of sp³-hybridized carbons (Fsp3) is 0.562. The van der Waals surface area contributed by atoms with Crippen molar-refractivity contribution < 1.29 is 18.3 Å². The zero-order valence-corrected chi connectivity index (χ0v) is 11.8. The molecule has 1 aliphatic rings. The van der Waals surface area contributed by atoms with Gasteiger partial charge < -0.3 is 4.74 Å². The fourth-order valence-electron chi connectivity index (χ4n) is 2.96. The Hall–Kier alpha value is -1.29. The maximum Gasteiger partial charge on any atom is 0.200 e. The Morgan fingerprint density at radius 2 is 1.70 bits per heavy atom. The van der Waals surface area contributed by atoms with Crippen LogP contribution in [-0.4, -0.2) is 18.0 Å². The van der Waals surface area contributed by atoms with Gasteiger partial charge in [0.15, 0.2) is 0 Å².